The summed E-state index contributed by atoms with van der Waals surface area (Å²) in [4.78, 5) is 25.5. The molecule has 0 saturated heterocycles. The SMILES string of the molecule is O=C(CN1C(=O)COc2ccccc21)NCCc1ccsc1. The second kappa shape index (κ2) is 6.62. The zero-order valence-corrected chi connectivity index (χ0v) is 12.8. The molecule has 0 radical (unpaired) electrons. The van der Waals surface area contributed by atoms with Crippen molar-refractivity contribution in [3.8, 4) is 5.75 Å². The summed E-state index contributed by atoms with van der Waals surface area (Å²) >= 11 is 1.64. The maximum atomic E-state index is 12.1. The van der Waals surface area contributed by atoms with Gasteiger partial charge in [0.25, 0.3) is 5.91 Å². The van der Waals surface area contributed by atoms with Crippen molar-refractivity contribution in [2.24, 2.45) is 0 Å². The molecule has 0 atom stereocenters. The van der Waals surface area contributed by atoms with E-state index in [1.807, 2.05) is 23.6 Å². The molecule has 1 aliphatic rings. The van der Waals surface area contributed by atoms with Crippen LogP contribution in [-0.4, -0.2) is 31.5 Å². The molecule has 1 N–H and O–H groups in total. The normalized spacial score (nSPS) is 13.5. The lowest BCUT2D eigenvalue weighted by Crippen LogP contribution is -2.45. The molecule has 22 heavy (non-hydrogen) atoms. The first-order valence-electron chi connectivity index (χ1n) is 7.04. The number of fused-ring (bicyclic) bond motifs is 1. The zero-order chi connectivity index (χ0) is 15.4. The molecule has 1 aliphatic heterocycles. The van der Waals surface area contributed by atoms with Crippen LogP contribution in [0.15, 0.2) is 41.1 Å². The third-order valence-corrected chi connectivity index (χ3v) is 4.16. The quantitative estimate of drug-likeness (QED) is 0.915. The molecule has 2 aromatic rings. The van der Waals surface area contributed by atoms with Gasteiger partial charge in [-0.25, -0.2) is 0 Å². The summed E-state index contributed by atoms with van der Waals surface area (Å²) in [5, 5.41) is 6.93. The standard InChI is InChI=1S/C16H16N2O3S/c19-15(17-7-5-12-6-8-22-11-12)9-18-13-3-1-2-4-14(13)21-10-16(18)20/h1-4,6,8,11H,5,7,9-10H2,(H,17,19). The van der Waals surface area contributed by atoms with E-state index in [2.05, 4.69) is 10.7 Å². The van der Waals surface area contributed by atoms with Crippen molar-refractivity contribution >= 4 is 28.8 Å². The number of anilines is 1. The van der Waals surface area contributed by atoms with Gasteiger partial charge in [-0.15, -0.1) is 0 Å². The monoisotopic (exact) mass is 316 g/mol. The smallest absolute Gasteiger partial charge is 0.265 e. The molecular weight excluding hydrogens is 300 g/mol. The Balaban J connectivity index is 1.58. The number of benzene rings is 1. The van der Waals surface area contributed by atoms with Crippen LogP contribution in [0.3, 0.4) is 0 Å². The second-order valence-corrected chi connectivity index (χ2v) is 5.75. The summed E-state index contributed by atoms with van der Waals surface area (Å²) in [6.45, 7) is 0.553. The number of ether oxygens (including phenoxy) is 1. The fourth-order valence-electron chi connectivity index (χ4n) is 2.31. The van der Waals surface area contributed by atoms with Gasteiger partial charge in [-0.05, 0) is 40.9 Å². The Bertz CT molecular complexity index is 670. The van der Waals surface area contributed by atoms with Gasteiger partial charge in [0.15, 0.2) is 6.61 Å². The van der Waals surface area contributed by atoms with E-state index in [9.17, 15) is 9.59 Å². The number of hydrogen-bond donors (Lipinski definition) is 1. The Hall–Kier alpha value is -2.34. The fraction of sp³-hybridized carbons (Fsp3) is 0.250. The third kappa shape index (κ3) is 3.28. The number of nitrogens with zero attached hydrogens (tertiary/aromatic N) is 1. The van der Waals surface area contributed by atoms with E-state index in [1.165, 1.54) is 10.5 Å². The fourth-order valence-corrected chi connectivity index (χ4v) is 3.01. The lowest BCUT2D eigenvalue weighted by Gasteiger charge is -2.28. The summed E-state index contributed by atoms with van der Waals surface area (Å²) in [6.07, 6.45) is 0.795. The van der Waals surface area contributed by atoms with Crippen LogP contribution in [0, 0.1) is 0 Å². The Morgan fingerprint density at radius 3 is 3.00 bits per heavy atom. The number of carbonyl (C=O) groups is 2. The Kier molecular flexibility index (Phi) is 4.39. The minimum absolute atomic E-state index is 0.0167. The molecule has 0 fully saturated rings. The minimum atomic E-state index is -0.202. The largest absolute Gasteiger partial charge is 0.482 e. The topological polar surface area (TPSA) is 58.6 Å². The van der Waals surface area contributed by atoms with E-state index in [0.29, 0.717) is 18.0 Å². The molecule has 0 bridgehead atoms. The van der Waals surface area contributed by atoms with Crippen LogP contribution in [0.25, 0.3) is 0 Å². The van der Waals surface area contributed by atoms with Gasteiger partial charge in [0, 0.05) is 6.54 Å². The van der Waals surface area contributed by atoms with E-state index >= 15 is 0 Å². The van der Waals surface area contributed by atoms with Crippen molar-refractivity contribution in [2.45, 2.75) is 6.42 Å². The average molecular weight is 316 g/mol. The number of carbonyl (C=O) groups excluding carboxylic acids is 2. The summed E-state index contributed by atoms with van der Waals surface area (Å²) < 4.78 is 5.36. The maximum Gasteiger partial charge on any atom is 0.265 e. The van der Waals surface area contributed by atoms with Gasteiger partial charge >= 0.3 is 0 Å². The van der Waals surface area contributed by atoms with E-state index in [1.54, 1.807) is 23.5 Å². The molecule has 114 valence electrons. The molecule has 0 spiro atoms. The summed E-state index contributed by atoms with van der Waals surface area (Å²) in [5.41, 5.74) is 1.85. The van der Waals surface area contributed by atoms with Crippen molar-refractivity contribution in [1.29, 1.82) is 0 Å². The van der Waals surface area contributed by atoms with Crippen LogP contribution >= 0.6 is 11.3 Å². The van der Waals surface area contributed by atoms with E-state index in [-0.39, 0.29) is 25.0 Å². The first-order chi connectivity index (χ1) is 10.7. The number of hydrogen-bond acceptors (Lipinski definition) is 4. The van der Waals surface area contributed by atoms with Crippen LogP contribution < -0.4 is 15.0 Å². The molecule has 5 nitrogen and oxygen atoms in total. The highest BCUT2D eigenvalue weighted by atomic mass is 32.1. The highest BCUT2D eigenvalue weighted by Crippen LogP contribution is 2.31. The Morgan fingerprint density at radius 2 is 2.18 bits per heavy atom. The van der Waals surface area contributed by atoms with Crippen LogP contribution in [0.4, 0.5) is 5.69 Å². The van der Waals surface area contributed by atoms with Crippen LogP contribution in [0.2, 0.25) is 0 Å². The van der Waals surface area contributed by atoms with E-state index in [0.717, 1.165) is 6.42 Å². The predicted molar refractivity (Wildman–Crippen MR) is 85.3 cm³/mol. The Morgan fingerprint density at radius 1 is 1.32 bits per heavy atom. The van der Waals surface area contributed by atoms with E-state index in [4.69, 9.17) is 4.74 Å². The predicted octanol–water partition coefficient (Wildman–Crippen LogP) is 1.83. The maximum absolute atomic E-state index is 12.1. The Labute approximate surface area is 132 Å². The molecule has 0 unspecified atom stereocenters. The molecule has 2 amide bonds. The summed E-state index contributed by atoms with van der Waals surface area (Å²) in [5.74, 6) is 0.264. The average Bonchev–Trinajstić information content (AvgIpc) is 3.03. The van der Waals surface area contributed by atoms with Gasteiger partial charge in [-0.1, -0.05) is 12.1 Å². The highest BCUT2D eigenvalue weighted by molar-refractivity contribution is 7.07. The van der Waals surface area contributed by atoms with Crippen molar-refractivity contribution in [3.05, 3.63) is 46.7 Å². The lowest BCUT2D eigenvalue weighted by molar-refractivity contribution is -0.125. The summed E-state index contributed by atoms with van der Waals surface area (Å²) in [6, 6.07) is 9.28. The molecular formula is C16H16N2O3S. The van der Waals surface area contributed by atoms with Gasteiger partial charge in [0.1, 0.15) is 12.3 Å². The van der Waals surface area contributed by atoms with Gasteiger partial charge in [0.2, 0.25) is 5.91 Å². The molecule has 1 aromatic carbocycles. The number of nitrogens with one attached hydrogen (secondary N) is 1. The molecule has 0 saturated carbocycles. The second-order valence-electron chi connectivity index (χ2n) is 4.97. The lowest BCUT2D eigenvalue weighted by atomic mass is 10.2. The number of rotatable bonds is 5. The number of para-hydroxylation sites is 2. The number of thiophene rings is 1. The van der Waals surface area contributed by atoms with Gasteiger partial charge in [-0.2, -0.15) is 11.3 Å². The first kappa shape index (κ1) is 14.6. The van der Waals surface area contributed by atoms with Gasteiger partial charge in [-0.3, -0.25) is 14.5 Å². The molecule has 3 rings (SSSR count). The molecule has 2 heterocycles. The molecule has 1 aromatic heterocycles. The van der Waals surface area contributed by atoms with Crippen LogP contribution in [0.1, 0.15) is 5.56 Å². The van der Waals surface area contributed by atoms with E-state index < -0.39 is 0 Å². The van der Waals surface area contributed by atoms with Gasteiger partial charge in [0.05, 0.1) is 5.69 Å². The first-order valence-corrected chi connectivity index (χ1v) is 7.98. The van der Waals surface area contributed by atoms with Crippen molar-refractivity contribution in [1.82, 2.24) is 5.32 Å². The number of amides is 2. The van der Waals surface area contributed by atoms with Crippen molar-refractivity contribution in [2.75, 3.05) is 24.6 Å². The van der Waals surface area contributed by atoms with Crippen LogP contribution in [-0.2, 0) is 16.0 Å². The van der Waals surface area contributed by atoms with Crippen LogP contribution in [0.5, 0.6) is 5.75 Å². The van der Waals surface area contributed by atoms with Crippen molar-refractivity contribution in [3.63, 3.8) is 0 Å². The highest BCUT2D eigenvalue weighted by Gasteiger charge is 2.26. The third-order valence-electron chi connectivity index (χ3n) is 3.43. The minimum Gasteiger partial charge on any atom is -0.482 e. The van der Waals surface area contributed by atoms with Gasteiger partial charge < -0.3 is 10.1 Å². The molecule has 0 aliphatic carbocycles. The molecule has 6 heteroatoms. The summed E-state index contributed by atoms with van der Waals surface area (Å²) in [7, 11) is 0. The zero-order valence-electron chi connectivity index (χ0n) is 12.0. The van der Waals surface area contributed by atoms with Crippen molar-refractivity contribution < 1.29 is 14.3 Å².